The molecular weight excluding hydrogens is 228 g/mol. The van der Waals surface area contributed by atoms with Crippen molar-refractivity contribution in [2.24, 2.45) is 0 Å². The second kappa shape index (κ2) is 4.78. The number of carbonyl (C=O) groups is 1. The first-order chi connectivity index (χ1) is 8.83. The fraction of sp³-hybridized carbons (Fsp3) is 0.385. The summed E-state index contributed by atoms with van der Waals surface area (Å²) in [5.74, 6) is 0.0523. The van der Waals surface area contributed by atoms with E-state index in [0.717, 1.165) is 36.0 Å². The third-order valence-corrected chi connectivity index (χ3v) is 3.34. The molecule has 1 amide bonds. The van der Waals surface area contributed by atoms with E-state index in [4.69, 9.17) is 0 Å². The molecule has 1 saturated heterocycles. The minimum atomic E-state index is 0.0523. The van der Waals surface area contributed by atoms with Crippen LogP contribution in [-0.2, 0) is 4.79 Å². The number of H-pyrrole nitrogens is 1. The summed E-state index contributed by atoms with van der Waals surface area (Å²) in [5.41, 5.74) is 1.68. The van der Waals surface area contributed by atoms with Gasteiger partial charge in [-0.3, -0.25) is 9.89 Å². The van der Waals surface area contributed by atoms with Crippen molar-refractivity contribution in [2.75, 3.05) is 11.9 Å². The summed E-state index contributed by atoms with van der Waals surface area (Å²) in [6.45, 7) is 1.02. The van der Waals surface area contributed by atoms with Gasteiger partial charge in [-0.25, -0.2) is 0 Å². The third-order valence-electron chi connectivity index (χ3n) is 3.34. The van der Waals surface area contributed by atoms with E-state index in [9.17, 15) is 4.79 Å². The first-order valence-electron chi connectivity index (χ1n) is 6.28. The first-order valence-corrected chi connectivity index (χ1v) is 6.28. The van der Waals surface area contributed by atoms with Gasteiger partial charge in [0.2, 0.25) is 5.91 Å². The highest BCUT2D eigenvalue weighted by Crippen LogP contribution is 2.21. The summed E-state index contributed by atoms with van der Waals surface area (Å²) in [7, 11) is 0. The fourth-order valence-electron chi connectivity index (χ4n) is 2.43. The Labute approximate surface area is 105 Å². The number of para-hydroxylation sites is 1. The first kappa shape index (κ1) is 11.2. The third kappa shape index (κ3) is 2.22. The predicted molar refractivity (Wildman–Crippen MR) is 70.4 cm³/mol. The van der Waals surface area contributed by atoms with E-state index in [2.05, 4.69) is 20.8 Å². The lowest BCUT2D eigenvalue weighted by molar-refractivity contribution is -0.116. The van der Waals surface area contributed by atoms with Crippen LogP contribution < -0.4 is 10.6 Å². The summed E-state index contributed by atoms with van der Waals surface area (Å²) < 4.78 is 0. The van der Waals surface area contributed by atoms with Crippen LogP contribution in [0.15, 0.2) is 24.4 Å². The van der Waals surface area contributed by atoms with Gasteiger partial charge in [0, 0.05) is 17.8 Å². The highest BCUT2D eigenvalue weighted by molar-refractivity contribution is 6.00. The highest BCUT2D eigenvalue weighted by Gasteiger charge is 2.18. The average Bonchev–Trinajstić information content (AvgIpc) is 2.99. The van der Waals surface area contributed by atoms with Crippen molar-refractivity contribution in [3.05, 3.63) is 24.4 Å². The second-order valence-electron chi connectivity index (χ2n) is 4.69. The molecule has 1 atom stereocenters. The van der Waals surface area contributed by atoms with Crippen LogP contribution in [0.5, 0.6) is 0 Å². The van der Waals surface area contributed by atoms with E-state index in [1.54, 1.807) is 6.20 Å². The Kier molecular flexibility index (Phi) is 2.98. The summed E-state index contributed by atoms with van der Waals surface area (Å²) in [6.07, 6.45) is 4.53. The van der Waals surface area contributed by atoms with Crippen LogP contribution in [0, 0.1) is 0 Å². The summed E-state index contributed by atoms with van der Waals surface area (Å²) >= 11 is 0. The quantitative estimate of drug-likeness (QED) is 0.768. The predicted octanol–water partition coefficient (Wildman–Crippen LogP) is 1.64. The number of nitrogens with one attached hydrogen (secondary N) is 3. The van der Waals surface area contributed by atoms with Gasteiger partial charge in [0.05, 0.1) is 17.4 Å². The van der Waals surface area contributed by atoms with Crippen molar-refractivity contribution in [3.63, 3.8) is 0 Å². The SMILES string of the molecule is O=C(CC1CCCN1)Nc1cccc2cn[nH]c12. The van der Waals surface area contributed by atoms with Gasteiger partial charge in [-0.05, 0) is 25.5 Å². The number of nitrogens with zero attached hydrogens (tertiary/aromatic N) is 1. The fourth-order valence-corrected chi connectivity index (χ4v) is 2.43. The number of anilines is 1. The molecule has 3 rings (SSSR count). The van der Waals surface area contributed by atoms with Crippen molar-refractivity contribution in [2.45, 2.75) is 25.3 Å². The molecular formula is C13H16N4O. The molecule has 1 aliphatic heterocycles. The van der Waals surface area contributed by atoms with Crippen LogP contribution in [0.25, 0.3) is 10.9 Å². The number of aromatic amines is 1. The zero-order valence-electron chi connectivity index (χ0n) is 10.1. The van der Waals surface area contributed by atoms with Gasteiger partial charge in [0.1, 0.15) is 0 Å². The van der Waals surface area contributed by atoms with Crippen molar-refractivity contribution in [3.8, 4) is 0 Å². The molecule has 2 heterocycles. The standard InChI is InChI=1S/C13H16N4O/c18-12(7-10-4-2-6-14-10)16-11-5-1-3-9-8-15-17-13(9)11/h1,3,5,8,10,14H,2,4,6-7H2,(H,15,17)(H,16,18). The molecule has 5 nitrogen and oxygen atoms in total. The minimum Gasteiger partial charge on any atom is -0.324 e. The normalized spacial score (nSPS) is 19.2. The number of fused-ring (bicyclic) bond motifs is 1. The van der Waals surface area contributed by atoms with Crippen LogP contribution >= 0.6 is 0 Å². The zero-order valence-corrected chi connectivity index (χ0v) is 10.1. The van der Waals surface area contributed by atoms with Gasteiger partial charge >= 0.3 is 0 Å². The summed E-state index contributed by atoms with van der Waals surface area (Å²) in [4.78, 5) is 11.9. The summed E-state index contributed by atoms with van der Waals surface area (Å²) in [6, 6.07) is 6.10. The number of hydrogen-bond donors (Lipinski definition) is 3. The van der Waals surface area contributed by atoms with Crippen molar-refractivity contribution >= 4 is 22.5 Å². The Morgan fingerprint density at radius 1 is 1.50 bits per heavy atom. The zero-order chi connectivity index (χ0) is 12.4. The number of carbonyl (C=O) groups excluding carboxylic acids is 1. The van der Waals surface area contributed by atoms with Crippen molar-refractivity contribution < 1.29 is 4.79 Å². The van der Waals surface area contributed by atoms with Gasteiger partial charge < -0.3 is 10.6 Å². The lowest BCUT2D eigenvalue weighted by Crippen LogP contribution is -2.27. The van der Waals surface area contributed by atoms with Gasteiger partial charge in [0.15, 0.2) is 0 Å². The van der Waals surface area contributed by atoms with Crippen LogP contribution in [0.4, 0.5) is 5.69 Å². The molecule has 1 unspecified atom stereocenters. The Hall–Kier alpha value is -1.88. The van der Waals surface area contributed by atoms with Crippen LogP contribution in [-0.4, -0.2) is 28.7 Å². The van der Waals surface area contributed by atoms with Gasteiger partial charge in [-0.2, -0.15) is 5.10 Å². The van der Waals surface area contributed by atoms with Crippen molar-refractivity contribution in [1.82, 2.24) is 15.5 Å². The molecule has 1 aromatic heterocycles. The van der Waals surface area contributed by atoms with Gasteiger partial charge in [-0.1, -0.05) is 12.1 Å². The topological polar surface area (TPSA) is 69.8 Å². The number of rotatable bonds is 3. The maximum absolute atomic E-state index is 11.9. The molecule has 1 fully saturated rings. The maximum atomic E-state index is 11.9. The molecule has 0 radical (unpaired) electrons. The number of aromatic nitrogens is 2. The lowest BCUT2D eigenvalue weighted by Gasteiger charge is -2.10. The van der Waals surface area contributed by atoms with Crippen LogP contribution in [0.2, 0.25) is 0 Å². The largest absolute Gasteiger partial charge is 0.324 e. The van der Waals surface area contributed by atoms with E-state index < -0.39 is 0 Å². The molecule has 0 bridgehead atoms. The van der Waals surface area contributed by atoms with Gasteiger partial charge in [-0.15, -0.1) is 0 Å². The van der Waals surface area contributed by atoms with Crippen LogP contribution in [0.3, 0.4) is 0 Å². The van der Waals surface area contributed by atoms with Gasteiger partial charge in [0.25, 0.3) is 0 Å². The number of amides is 1. The molecule has 0 saturated carbocycles. The minimum absolute atomic E-state index is 0.0523. The average molecular weight is 244 g/mol. The Balaban J connectivity index is 1.71. The van der Waals surface area contributed by atoms with Crippen LogP contribution in [0.1, 0.15) is 19.3 Å². The lowest BCUT2D eigenvalue weighted by atomic mass is 10.1. The molecule has 0 spiro atoms. The van der Waals surface area contributed by atoms with E-state index >= 15 is 0 Å². The molecule has 0 aliphatic carbocycles. The molecule has 1 aromatic carbocycles. The van der Waals surface area contributed by atoms with E-state index in [-0.39, 0.29) is 5.91 Å². The second-order valence-corrected chi connectivity index (χ2v) is 4.69. The number of benzene rings is 1. The molecule has 3 N–H and O–H groups in total. The Morgan fingerprint density at radius 3 is 3.28 bits per heavy atom. The van der Waals surface area contributed by atoms with E-state index in [0.29, 0.717) is 12.5 Å². The molecule has 94 valence electrons. The molecule has 1 aliphatic rings. The number of hydrogen-bond acceptors (Lipinski definition) is 3. The smallest absolute Gasteiger partial charge is 0.225 e. The Bertz CT molecular complexity index is 557. The molecule has 5 heteroatoms. The molecule has 2 aromatic rings. The van der Waals surface area contributed by atoms with Crippen molar-refractivity contribution in [1.29, 1.82) is 0 Å². The van der Waals surface area contributed by atoms with E-state index in [1.165, 1.54) is 0 Å². The van der Waals surface area contributed by atoms with E-state index in [1.807, 2.05) is 18.2 Å². The molecule has 18 heavy (non-hydrogen) atoms. The highest BCUT2D eigenvalue weighted by atomic mass is 16.1. The Morgan fingerprint density at radius 2 is 2.44 bits per heavy atom. The summed E-state index contributed by atoms with van der Waals surface area (Å²) in [5, 5.41) is 14.2. The maximum Gasteiger partial charge on any atom is 0.225 e. The monoisotopic (exact) mass is 244 g/mol.